The minimum absolute atomic E-state index is 0.241. The molecule has 5 rings (SSSR count). The molecule has 0 saturated heterocycles. The van der Waals surface area contributed by atoms with Gasteiger partial charge in [0.05, 0.1) is 11.4 Å². The SMILES string of the molecule is c1ccc(C2C(c3cnccn3)C(c3ccccc3)C2c2cnccn2)cc1. The van der Waals surface area contributed by atoms with Crippen molar-refractivity contribution in [2.75, 3.05) is 0 Å². The lowest BCUT2D eigenvalue weighted by atomic mass is 9.51. The van der Waals surface area contributed by atoms with Gasteiger partial charge in [0.15, 0.2) is 0 Å². The first-order chi connectivity index (χ1) is 13.9. The van der Waals surface area contributed by atoms with Crippen molar-refractivity contribution in [1.82, 2.24) is 19.9 Å². The number of hydrogen-bond acceptors (Lipinski definition) is 4. The quantitative estimate of drug-likeness (QED) is 0.526. The van der Waals surface area contributed by atoms with Gasteiger partial charge in [-0.05, 0) is 11.1 Å². The van der Waals surface area contributed by atoms with Crippen LogP contribution in [0, 0.1) is 0 Å². The summed E-state index contributed by atoms with van der Waals surface area (Å²) in [5, 5.41) is 0. The molecule has 2 aromatic heterocycles. The molecule has 0 spiro atoms. The van der Waals surface area contributed by atoms with Crippen LogP contribution >= 0.6 is 0 Å². The molecule has 2 heterocycles. The van der Waals surface area contributed by atoms with Crippen LogP contribution in [0.5, 0.6) is 0 Å². The second kappa shape index (κ2) is 7.31. The van der Waals surface area contributed by atoms with Crippen molar-refractivity contribution in [2.45, 2.75) is 23.7 Å². The molecule has 2 aromatic carbocycles. The van der Waals surface area contributed by atoms with Crippen molar-refractivity contribution >= 4 is 0 Å². The predicted molar refractivity (Wildman–Crippen MR) is 108 cm³/mol. The van der Waals surface area contributed by atoms with Gasteiger partial charge in [-0.3, -0.25) is 19.9 Å². The van der Waals surface area contributed by atoms with Crippen LogP contribution in [0.4, 0.5) is 0 Å². The molecule has 0 amide bonds. The average Bonchev–Trinajstić information content (AvgIpc) is 2.76. The van der Waals surface area contributed by atoms with Gasteiger partial charge in [0.2, 0.25) is 0 Å². The van der Waals surface area contributed by atoms with Gasteiger partial charge in [0.25, 0.3) is 0 Å². The van der Waals surface area contributed by atoms with Crippen LogP contribution in [-0.2, 0) is 0 Å². The second-order valence-corrected chi connectivity index (χ2v) is 7.19. The van der Waals surface area contributed by atoms with E-state index >= 15 is 0 Å². The van der Waals surface area contributed by atoms with E-state index in [-0.39, 0.29) is 23.7 Å². The van der Waals surface area contributed by atoms with E-state index in [1.165, 1.54) is 11.1 Å². The van der Waals surface area contributed by atoms with Crippen LogP contribution in [0.2, 0.25) is 0 Å². The molecule has 4 nitrogen and oxygen atoms in total. The predicted octanol–water partition coefficient (Wildman–Crippen LogP) is 4.72. The molecular formula is C24H20N4. The lowest BCUT2D eigenvalue weighted by Gasteiger charge is -2.52. The third-order valence-electron chi connectivity index (χ3n) is 5.77. The zero-order valence-corrected chi connectivity index (χ0v) is 15.3. The minimum atomic E-state index is 0.241. The Kier molecular flexibility index (Phi) is 4.37. The summed E-state index contributed by atoms with van der Waals surface area (Å²) in [6, 6.07) is 21.4. The van der Waals surface area contributed by atoms with Gasteiger partial charge >= 0.3 is 0 Å². The summed E-state index contributed by atoms with van der Waals surface area (Å²) in [4.78, 5) is 18.1. The van der Waals surface area contributed by atoms with Crippen molar-refractivity contribution < 1.29 is 0 Å². The van der Waals surface area contributed by atoms with Crippen molar-refractivity contribution in [3.05, 3.63) is 120 Å². The molecule has 0 atom stereocenters. The Morgan fingerprint density at radius 2 is 0.893 bits per heavy atom. The van der Waals surface area contributed by atoms with Crippen LogP contribution in [0.15, 0.2) is 97.8 Å². The van der Waals surface area contributed by atoms with Crippen LogP contribution < -0.4 is 0 Å². The molecule has 1 fully saturated rings. The maximum Gasteiger partial charge on any atom is 0.0630 e. The van der Waals surface area contributed by atoms with Gasteiger partial charge in [-0.25, -0.2) is 0 Å². The normalized spacial score (nSPS) is 23.7. The molecule has 28 heavy (non-hydrogen) atoms. The maximum atomic E-state index is 4.68. The number of hydrogen-bond donors (Lipinski definition) is 0. The van der Waals surface area contributed by atoms with Crippen LogP contribution in [0.3, 0.4) is 0 Å². The molecule has 1 saturated carbocycles. The Morgan fingerprint density at radius 1 is 0.464 bits per heavy atom. The average molecular weight is 364 g/mol. The van der Waals surface area contributed by atoms with Crippen LogP contribution in [-0.4, -0.2) is 19.9 Å². The monoisotopic (exact) mass is 364 g/mol. The highest BCUT2D eigenvalue weighted by Crippen LogP contribution is 2.65. The summed E-state index contributed by atoms with van der Waals surface area (Å²) in [7, 11) is 0. The Morgan fingerprint density at radius 3 is 1.25 bits per heavy atom. The highest BCUT2D eigenvalue weighted by Gasteiger charge is 2.54. The van der Waals surface area contributed by atoms with Gasteiger partial charge < -0.3 is 0 Å². The smallest absolute Gasteiger partial charge is 0.0630 e. The molecule has 4 aromatic rings. The Bertz CT molecular complexity index is 841. The topological polar surface area (TPSA) is 51.6 Å². The fraction of sp³-hybridized carbons (Fsp3) is 0.167. The lowest BCUT2D eigenvalue weighted by molar-refractivity contribution is 0.219. The highest BCUT2D eigenvalue weighted by molar-refractivity contribution is 5.44. The number of benzene rings is 2. The first kappa shape index (κ1) is 16.8. The summed E-state index contributed by atoms with van der Waals surface area (Å²) < 4.78 is 0. The van der Waals surface area contributed by atoms with Gasteiger partial charge in [-0.15, -0.1) is 0 Å². The van der Waals surface area contributed by atoms with Crippen molar-refractivity contribution in [1.29, 1.82) is 0 Å². The largest absolute Gasteiger partial charge is 0.261 e. The Labute approximate surface area is 164 Å². The molecule has 0 radical (unpaired) electrons. The Balaban J connectivity index is 1.67. The first-order valence-electron chi connectivity index (χ1n) is 9.55. The summed E-state index contributed by atoms with van der Waals surface area (Å²) in [6.45, 7) is 0. The molecule has 1 aliphatic carbocycles. The van der Waals surface area contributed by atoms with Crippen molar-refractivity contribution in [3.8, 4) is 0 Å². The van der Waals surface area contributed by atoms with Gasteiger partial charge in [0, 0.05) is 60.9 Å². The van der Waals surface area contributed by atoms with Crippen LogP contribution in [0.1, 0.15) is 46.2 Å². The van der Waals surface area contributed by atoms with Gasteiger partial charge in [0.1, 0.15) is 0 Å². The third kappa shape index (κ3) is 2.87. The maximum absolute atomic E-state index is 4.68. The van der Waals surface area contributed by atoms with E-state index in [4.69, 9.17) is 0 Å². The highest BCUT2D eigenvalue weighted by atomic mass is 14.8. The molecule has 0 N–H and O–H groups in total. The van der Waals surface area contributed by atoms with E-state index in [0.717, 1.165) is 11.4 Å². The third-order valence-corrected chi connectivity index (χ3v) is 5.77. The Hall–Kier alpha value is -3.40. The zero-order valence-electron chi connectivity index (χ0n) is 15.3. The fourth-order valence-corrected chi connectivity index (χ4v) is 4.63. The van der Waals surface area contributed by atoms with E-state index < -0.39 is 0 Å². The van der Waals surface area contributed by atoms with Gasteiger partial charge in [-0.1, -0.05) is 60.7 Å². The van der Waals surface area contributed by atoms with E-state index in [1.54, 1.807) is 24.8 Å². The molecule has 136 valence electrons. The molecule has 4 heteroatoms. The van der Waals surface area contributed by atoms with Crippen molar-refractivity contribution in [2.24, 2.45) is 0 Å². The number of rotatable bonds is 4. The summed E-state index contributed by atoms with van der Waals surface area (Å²) >= 11 is 0. The molecule has 0 unspecified atom stereocenters. The fourth-order valence-electron chi connectivity index (χ4n) is 4.63. The first-order valence-corrected chi connectivity index (χ1v) is 9.55. The number of aromatic nitrogens is 4. The minimum Gasteiger partial charge on any atom is -0.261 e. The summed E-state index contributed by atoms with van der Waals surface area (Å²) in [5.41, 5.74) is 4.68. The standard InChI is InChI=1S/C24H20N4/c1-3-7-17(8-4-1)21-23(19-15-25-11-13-27-19)22(18-9-5-2-6-10-18)24(21)20-16-26-12-14-28-20/h1-16,21-24H. The lowest BCUT2D eigenvalue weighted by Crippen LogP contribution is -2.41. The summed E-state index contributed by atoms with van der Waals surface area (Å²) in [5.74, 6) is 1.04. The van der Waals surface area contributed by atoms with E-state index in [1.807, 2.05) is 12.4 Å². The zero-order chi connectivity index (χ0) is 18.8. The van der Waals surface area contributed by atoms with E-state index in [2.05, 4.69) is 80.6 Å². The van der Waals surface area contributed by atoms with Crippen LogP contribution in [0.25, 0.3) is 0 Å². The molecule has 0 bridgehead atoms. The van der Waals surface area contributed by atoms with E-state index in [9.17, 15) is 0 Å². The molecular weight excluding hydrogens is 344 g/mol. The molecule has 1 aliphatic rings. The van der Waals surface area contributed by atoms with Gasteiger partial charge in [-0.2, -0.15) is 0 Å². The number of nitrogens with zero attached hydrogens (tertiary/aromatic N) is 4. The van der Waals surface area contributed by atoms with E-state index in [0.29, 0.717) is 0 Å². The molecule has 0 aliphatic heterocycles. The van der Waals surface area contributed by atoms with Crippen molar-refractivity contribution in [3.63, 3.8) is 0 Å². The summed E-state index contributed by atoms with van der Waals surface area (Å²) in [6.07, 6.45) is 10.9. The second-order valence-electron chi connectivity index (χ2n) is 7.19.